The molecule has 0 N–H and O–H groups in total. The average molecular weight is 354 g/mol. The average Bonchev–Trinajstić information content (AvgIpc) is 2.74. The van der Waals surface area contributed by atoms with Crippen LogP contribution in [0.4, 0.5) is 0 Å². The molecule has 0 saturated carbocycles. The van der Waals surface area contributed by atoms with E-state index in [-0.39, 0.29) is 0 Å². The minimum absolute atomic E-state index is 0.687. The summed E-state index contributed by atoms with van der Waals surface area (Å²) in [6, 6.07) is 8.51. The fourth-order valence-electron chi connectivity index (χ4n) is 3.61. The molecule has 0 amide bonds. The summed E-state index contributed by atoms with van der Waals surface area (Å²) in [7, 11) is 0. The lowest BCUT2D eigenvalue weighted by molar-refractivity contribution is 0.242. The van der Waals surface area contributed by atoms with Crippen LogP contribution >= 0.6 is 0 Å². The highest BCUT2D eigenvalue weighted by molar-refractivity contribution is 5.84. The summed E-state index contributed by atoms with van der Waals surface area (Å²) in [4.78, 5) is 24.1. The Morgan fingerprint density at radius 3 is 2.81 bits per heavy atom. The highest BCUT2D eigenvalue weighted by Crippen LogP contribution is 2.24. The molecule has 0 radical (unpaired) electrons. The topological polar surface area (TPSA) is 67.7 Å². The second-order valence-electron chi connectivity index (χ2n) is 6.77. The maximum atomic E-state index is 4.79. The van der Waals surface area contributed by atoms with Crippen molar-refractivity contribution >= 4 is 10.8 Å². The molecule has 1 aliphatic heterocycles. The molecule has 0 unspecified atom stereocenters. The molecule has 1 aromatic carbocycles. The fourth-order valence-corrected chi connectivity index (χ4v) is 3.61. The van der Waals surface area contributed by atoms with Crippen LogP contribution in [0.5, 0.6) is 0 Å². The molecule has 0 atom stereocenters. The number of hydrogen-bond acceptors (Lipinski definition) is 6. The number of aromatic nitrogens is 5. The van der Waals surface area contributed by atoms with Gasteiger partial charge in [-0.1, -0.05) is 18.2 Å². The van der Waals surface area contributed by atoms with Gasteiger partial charge in [0.05, 0.1) is 11.3 Å². The van der Waals surface area contributed by atoms with E-state index in [1.165, 1.54) is 28.2 Å². The summed E-state index contributed by atoms with van der Waals surface area (Å²) in [5, 5.41) is 2.45. The Morgan fingerprint density at radius 2 is 1.89 bits per heavy atom. The van der Waals surface area contributed by atoms with Gasteiger partial charge in [-0.05, 0) is 29.0 Å². The molecular weight excluding hydrogens is 336 g/mol. The van der Waals surface area contributed by atoms with Gasteiger partial charge in [0, 0.05) is 56.0 Å². The van der Waals surface area contributed by atoms with Crippen molar-refractivity contribution < 1.29 is 0 Å². The normalized spacial score (nSPS) is 14.2. The molecule has 4 aromatic rings. The molecule has 0 spiro atoms. The van der Waals surface area contributed by atoms with Crippen LogP contribution in [-0.4, -0.2) is 36.4 Å². The SMILES string of the molecule is c1cc(CN2CCc3cnc(-c4cncnc4)nc3C2)c2ccncc2c1. The molecular formula is C21H18N6. The molecule has 0 bridgehead atoms. The molecule has 3 aromatic heterocycles. The van der Waals surface area contributed by atoms with Gasteiger partial charge < -0.3 is 0 Å². The maximum Gasteiger partial charge on any atom is 0.162 e. The Kier molecular flexibility index (Phi) is 4.03. The lowest BCUT2D eigenvalue weighted by atomic mass is 10.0. The molecule has 4 heterocycles. The number of pyridine rings is 1. The van der Waals surface area contributed by atoms with E-state index in [0.29, 0.717) is 5.82 Å². The van der Waals surface area contributed by atoms with Crippen LogP contribution in [0.1, 0.15) is 16.8 Å². The summed E-state index contributed by atoms with van der Waals surface area (Å²) in [6.45, 7) is 2.72. The first kappa shape index (κ1) is 16.0. The predicted molar refractivity (Wildman–Crippen MR) is 103 cm³/mol. The van der Waals surface area contributed by atoms with Crippen LogP contribution in [0.15, 0.2) is 61.6 Å². The summed E-state index contributed by atoms with van der Waals surface area (Å²) in [6.07, 6.45) is 11.7. The van der Waals surface area contributed by atoms with Crippen LogP contribution in [-0.2, 0) is 19.5 Å². The van der Waals surface area contributed by atoms with Crippen LogP contribution in [0.3, 0.4) is 0 Å². The molecule has 6 heteroatoms. The maximum absolute atomic E-state index is 4.79. The van der Waals surface area contributed by atoms with Gasteiger partial charge in [-0.2, -0.15) is 0 Å². The molecule has 1 aliphatic rings. The highest BCUT2D eigenvalue weighted by Gasteiger charge is 2.19. The zero-order valence-electron chi connectivity index (χ0n) is 14.8. The zero-order valence-corrected chi connectivity index (χ0v) is 14.8. The van der Waals surface area contributed by atoms with Crippen molar-refractivity contribution in [2.24, 2.45) is 0 Å². The van der Waals surface area contributed by atoms with E-state index in [1.807, 2.05) is 18.6 Å². The van der Waals surface area contributed by atoms with Crippen molar-refractivity contribution in [3.05, 3.63) is 78.4 Å². The fraction of sp³-hybridized carbons (Fsp3) is 0.190. The van der Waals surface area contributed by atoms with Crippen molar-refractivity contribution in [3.63, 3.8) is 0 Å². The minimum Gasteiger partial charge on any atom is -0.293 e. The van der Waals surface area contributed by atoms with E-state index in [4.69, 9.17) is 4.98 Å². The quantitative estimate of drug-likeness (QED) is 0.563. The van der Waals surface area contributed by atoms with Gasteiger partial charge in [-0.3, -0.25) is 9.88 Å². The standard InChI is InChI=1S/C21H18N6/c1-2-15-8-22-6-4-19(15)17(3-1)12-27-7-5-16-11-25-21(26-20(16)13-27)18-9-23-14-24-10-18/h1-4,6,8-11,14H,5,7,12-13H2. The van der Waals surface area contributed by atoms with Crippen molar-refractivity contribution in [3.8, 4) is 11.4 Å². The van der Waals surface area contributed by atoms with Crippen molar-refractivity contribution in [2.45, 2.75) is 19.5 Å². The van der Waals surface area contributed by atoms with Gasteiger partial charge in [0.15, 0.2) is 5.82 Å². The van der Waals surface area contributed by atoms with Gasteiger partial charge in [0.25, 0.3) is 0 Å². The number of fused-ring (bicyclic) bond motifs is 2. The van der Waals surface area contributed by atoms with Gasteiger partial charge in [-0.15, -0.1) is 0 Å². The van der Waals surface area contributed by atoms with E-state index in [9.17, 15) is 0 Å². The number of hydrogen-bond donors (Lipinski definition) is 0. The van der Waals surface area contributed by atoms with Crippen molar-refractivity contribution in [2.75, 3.05) is 6.54 Å². The van der Waals surface area contributed by atoms with Crippen LogP contribution in [0, 0.1) is 0 Å². The van der Waals surface area contributed by atoms with Gasteiger partial charge in [-0.25, -0.2) is 19.9 Å². The second kappa shape index (κ2) is 6.81. The van der Waals surface area contributed by atoms with Crippen LogP contribution in [0.2, 0.25) is 0 Å². The molecule has 0 fully saturated rings. The van der Waals surface area contributed by atoms with Gasteiger partial charge in [0.2, 0.25) is 0 Å². The van der Waals surface area contributed by atoms with Gasteiger partial charge >= 0.3 is 0 Å². The Morgan fingerprint density at radius 1 is 0.963 bits per heavy atom. The first-order valence-electron chi connectivity index (χ1n) is 9.01. The Balaban J connectivity index is 1.42. The van der Waals surface area contributed by atoms with E-state index >= 15 is 0 Å². The van der Waals surface area contributed by atoms with E-state index < -0.39 is 0 Å². The third-order valence-corrected chi connectivity index (χ3v) is 5.01. The lowest BCUT2D eigenvalue weighted by Crippen LogP contribution is -2.31. The molecule has 132 valence electrons. The van der Waals surface area contributed by atoms with Crippen LogP contribution in [0.25, 0.3) is 22.2 Å². The summed E-state index contributed by atoms with van der Waals surface area (Å²) >= 11 is 0. The van der Waals surface area contributed by atoms with E-state index in [1.54, 1.807) is 12.4 Å². The molecule has 27 heavy (non-hydrogen) atoms. The largest absolute Gasteiger partial charge is 0.293 e. The van der Waals surface area contributed by atoms with E-state index in [0.717, 1.165) is 37.3 Å². The first-order valence-corrected chi connectivity index (χ1v) is 9.01. The number of nitrogens with zero attached hydrogens (tertiary/aromatic N) is 6. The Bertz CT molecular complexity index is 1090. The van der Waals surface area contributed by atoms with Crippen molar-refractivity contribution in [1.29, 1.82) is 0 Å². The van der Waals surface area contributed by atoms with Crippen molar-refractivity contribution in [1.82, 2.24) is 29.8 Å². The molecule has 5 rings (SSSR count). The molecule has 6 nitrogen and oxygen atoms in total. The smallest absolute Gasteiger partial charge is 0.162 e. The van der Waals surface area contributed by atoms with E-state index in [2.05, 4.69) is 49.1 Å². The molecule has 0 saturated heterocycles. The summed E-state index contributed by atoms with van der Waals surface area (Å²) < 4.78 is 0. The molecule has 0 aliphatic carbocycles. The summed E-state index contributed by atoms with van der Waals surface area (Å²) in [5.74, 6) is 0.687. The number of rotatable bonds is 3. The predicted octanol–water partition coefficient (Wildman–Crippen LogP) is 3.04. The Hall–Kier alpha value is -3.25. The van der Waals surface area contributed by atoms with Gasteiger partial charge in [0.1, 0.15) is 6.33 Å². The monoisotopic (exact) mass is 354 g/mol. The summed E-state index contributed by atoms with van der Waals surface area (Å²) in [5.41, 5.74) is 4.49. The minimum atomic E-state index is 0.687. The third-order valence-electron chi connectivity index (χ3n) is 5.01. The first-order chi connectivity index (χ1) is 13.4. The third kappa shape index (κ3) is 3.15. The second-order valence-corrected chi connectivity index (χ2v) is 6.77. The zero-order chi connectivity index (χ0) is 18.1. The number of benzene rings is 1. The highest BCUT2D eigenvalue weighted by atomic mass is 15.1. The lowest BCUT2D eigenvalue weighted by Gasteiger charge is -2.28. The Labute approximate surface area is 157 Å². The van der Waals surface area contributed by atoms with Crippen LogP contribution < -0.4 is 0 Å².